The van der Waals surface area contributed by atoms with Gasteiger partial charge in [-0.05, 0) is 37.6 Å². The summed E-state index contributed by atoms with van der Waals surface area (Å²) in [4.78, 5) is 16.4. The number of carbonyl (C=O) groups is 1. The molecule has 2 N–H and O–H groups in total. The van der Waals surface area contributed by atoms with Gasteiger partial charge < -0.3 is 10.6 Å². The van der Waals surface area contributed by atoms with Gasteiger partial charge in [0.1, 0.15) is 5.69 Å². The topological polar surface area (TPSA) is 54.0 Å². The highest BCUT2D eigenvalue weighted by atomic mass is 35.5. The Hall–Kier alpha value is -2.07. The SMILES string of the molecule is CCNc1ccnc(C(=O)NC(C)c2ccccc2Cl)c1. The van der Waals surface area contributed by atoms with Crippen molar-refractivity contribution in [2.24, 2.45) is 0 Å². The summed E-state index contributed by atoms with van der Waals surface area (Å²) in [7, 11) is 0. The molecule has 2 aromatic rings. The van der Waals surface area contributed by atoms with Crippen LogP contribution in [0, 0.1) is 0 Å². The zero-order chi connectivity index (χ0) is 15.2. The van der Waals surface area contributed by atoms with Crippen molar-refractivity contribution < 1.29 is 4.79 Å². The molecule has 0 aliphatic heterocycles. The fourth-order valence-electron chi connectivity index (χ4n) is 2.04. The van der Waals surface area contributed by atoms with Crippen LogP contribution in [0.15, 0.2) is 42.6 Å². The monoisotopic (exact) mass is 303 g/mol. The van der Waals surface area contributed by atoms with Gasteiger partial charge >= 0.3 is 0 Å². The molecule has 1 amide bonds. The van der Waals surface area contributed by atoms with Gasteiger partial charge in [0, 0.05) is 23.5 Å². The highest BCUT2D eigenvalue weighted by molar-refractivity contribution is 6.31. The minimum atomic E-state index is -0.220. The van der Waals surface area contributed by atoms with Crippen molar-refractivity contribution in [1.82, 2.24) is 10.3 Å². The first-order chi connectivity index (χ1) is 10.1. The number of rotatable bonds is 5. The molecule has 4 nitrogen and oxygen atoms in total. The fraction of sp³-hybridized carbons (Fsp3) is 0.250. The van der Waals surface area contributed by atoms with E-state index in [0.29, 0.717) is 10.7 Å². The van der Waals surface area contributed by atoms with Crippen molar-refractivity contribution in [2.45, 2.75) is 19.9 Å². The predicted octanol–water partition coefficient (Wildman–Crippen LogP) is 3.66. The molecule has 0 aliphatic rings. The van der Waals surface area contributed by atoms with E-state index in [4.69, 9.17) is 11.6 Å². The molecule has 0 spiro atoms. The van der Waals surface area contributed by atoms with Crippen molar-refractivity contribution in [3.05, 3.63) is 58.9 Å². The summed E-state index contributed by atoms with van der Waals surface area (Å²) in [5, 5.41) is 6.70. The summed E-state index contributed by atoms with van der Waals surface area (Å²) < 4.78 is 0. The van der Waals surface area contributed by atoms with E-state index in [-0.39, 0.29) is 11.9 Å². The second kappa shape index (κ2) is 7.09. The van der Waals surface area contributed by atoms with Gasteiger partial charge in [0.05, 0.1) is 6.04 Å². The number of pyridine rings is 1. The van der Waals surface area contributed by atoms with Crippen LogP contribution in [0.3, 0.4) is 0 Å². The number of nitrogens with zero attached hydrogens (tertiary/aromatic N) is 1. The molecule has 0 fully saturated rings. The van der Waals surface area contributed by atoms with Crippen LogP contribution in [0.4, 0.5) is 5.69 Å². The second-order valence-corrected chi connectivity index (χ2v) is 5.08. The molecule has 0 bridgehead atoms. The van der Waals surface area contributed by atoms with E-state index in [1.807, 2.05) is 44.2 Å². The number of hydrogen-bond donors (Lipinski definition) is 2. The van der Waals surface area contributed by atoms with Crippen LogP contribution in [-0.4, -0.2) is 17.4 Å². The van der Waals surface area contributed by atoms with Gasteiger partial charge in [0.15, 0.2) is 0 Å². The highest BCUT2D eigenvalue weighted by Crippen LogP contribution is 2.22. The number of anilines is 1. The standard InChI is InChI=1S/C16H18ClN3O/c1-3-18-12-8-9-19-15(10-12)16(21)20-11(2)13-6-4-5-7-14(13)17/h4-11H,3H2,1-2H3,(H,18,19)(H,20,21). The summed E-state index contributed by atoms with van der Waals surface area (Å²) in [6, 6.07) is 10.8. The third-order valence-electron chi connectivity index (χ3n) is 3.09. The first-order valence-corrected chi connectivity index (χ1v) is 7.24. The van der Waals surface area contributed by atoms with E-state index in [1.54, 1.807) is 12.3 Å². The van der Waals surface area contributed by atoms with Crippen LogP contribution >= 0.6 is 11.6 Å². The number of hydrogen-bond acceptors (Lipinski definition) is 3. The zero-order valence-electron chi connectivity index (χ0n) is 12.1. The largest absolute Gasteiger partial charge is 0.385 e. The lowest BCUT2D eigenvalue weighted by Crippen LogP contribution is -2.27. The molecule has 1 unspecified atom stereocenters. The summed E-state index contributed by atoms with van der Waals surface area (Å²) in [6.07, 6.45) is 1.62. The van der Waals surface area contributed by atoms with E-state index in [1.165, 1.54) is 0 Å². The molecule has 0 radical (unpaired) electrons. The number of nitrogens with one attached hydrogen (secondary N) is 2. The third-order valence-corrected chi connectivity index (χ3v) is 3.44. The Morgan fingerprint density at radius 3 is 2.81 bits per heavy atom. The summed E-state index contributed by atoms with van der Waals surface area (Å²) >= 11 is 6.14. The third kappa shape index (κ3) is 3.95. The van der Waals surface area contributed by atoms with Crippen molar-refractivity contribution in [2.75, 3.05) is 11.9 Å². The van der Waals surface area contributed by atoms with Gasteiger partial charge in [-0.25, -0.2) is 0 Å². The van der Waals surface area contributed by atoms with Crippen molar-refractivity contribution in [3.63, 3.8) is 0 Å². The minimum absolute atomic E-state index is 0.184. The highest BCUT2D eigenvalue weighted by Gasteiger charge is 2.14. The van der Waals surface area contributed by atoms with E-state index in [0.717, 1.165) is 17.8 Å². The number of carbonyl (C=O) groups excluding carboxylic acids is 1. The first-order valence-electron chi connectivity index (χ1n) is 6.87. The number of aromatic nitrogens is 1. The maximum atomic E-state index is 12.3. The maximum absolute atomic E-state index is 12.3. The van der Waals surface area contributed by atoms with Crippen molar-refractivity contribution >= 4 is 23.2 Å². The predicted molar refractivity (Wildman–Crippen MR) is 85.7 cm³/mol. The van der Waals surface area contributed by atoms with Crippen LogP contribution in [-0.2, 0) is 0 Å². The van der Waals surface area contributed by atoms with Gasteiger partial charge in [0.2, 0.25) is 0 Å². The van der Waals surface area contributed by atoms with Crippen LogP contribution < -0.4 is 10.6 Å². The van der Waals surface area contributed by atoms with Crippen LogP contribution in [0.2, 0.25) is 5.02 Å². The van der Waals surface area contributed by atoms with Gasteiger partial charge in [-0.1, -0.05) is 29.8 Å². The average Bonchev–Trinajstić information content (AvgIpc) is 2.48. The molecular formula is C16H18ClN3O. The fourth-order valence-corrected chi connectivity index (χ4v) is 2.34. The Labute approximate surface area is 129 Å². The quantitative estimate of drug-likeness (QED) is 0.886. The van der Waals surface area contributed by atoms with Gasteiger partial charge in [-0.15, -0.1) is 0 Å². The molecule has 2 rings (SSSR count). The summed E-state index contributed by atoms with van der Waals surface area (Å²) in [5.41, 5.74) is 2.14. The van der Waals surface area contributed by atoms with E-state index >= 15 is 0 Å². The molecule has 0 aliphatic carbocycles. The smallest absolute Gasteiger partial charge is 0.270 e. The second-order valence-electron chi connectivity index (χ2n) is 4.68. The Morgan fingerprint density at radius 1 is 1.33 bits per heavy atom. The molecule has 0 saturated heterocycles. The van der Waals surface area contributed by atoms with E-state index < -0.39 is 0 Å². The number of halogens is 1. The molecule has 1 aromatic heterocycles. The molecule has 110 valence electrons. The Bertz CT molecular complexity index is 630. The number of amides is 1. The summed E-state index contributed by atoms with van der Waals surface area (Å²) in [5.74, 6) is -0.220. The molecule has 1 heterocycles. The molecule has 1 atom stereocenters. The normalized spacial score (nSPS) is 11.8. The Balaban J connectivity index is 2.11. The Kier molecular flexibility index (Phi) is 5.17. The summed E-state index contributed by atoms with van der Waals surface area (Å²) in [6.45, 7) is 4.69. The average molecular weight is 304 g/mol. The van der Waals surface area contributed by atoms with Crippen LogP contribution in [0.25, 0.3) is 0 Å². The molecule has 1 aromatic carbocycles. The lowest BCUT2D eigenvalue weighted by Gasteiger charge is -2.15. The van der Waals surface area contributed by atoms with Crippen molar-refractivity contribution in [3.8, 4) is 0 Å². The first kappa shape index (κ1) is 15.3. The lowest BCUT2D eigenvalue weighted by atomic mass is 10.1. The molecule has 21 heavy (non-hydrogen) atoms. The van der Waals surface area contributed by atoms with Crippen LogP contribution in [0.1, 0.15) is 35.9 Å². The van der Waals surface area contributed by atoms with Crippen LogP contribution in [0.5, 0.6) is 0 Å². The maximum Gasteiger partial charge on any atom is 0.270 e. The Morgan fingerprint density at radius 2 is 2.10 bits per heavy atom. The molecular weight excluding hydrogens is 286 g/mol. The van der Waals surface area contributed by atoms with Gasteiger partial charge in [-0.2, -0.15) is 0 Å². The number of benzene rings is 1. The van der Waals surface area contributed by atoms with E-state index in [2.05, 4.69) is 15.6 Å². The molecule has 5 heteroatoms. The zero-order valence-corrected chi connectivity index (χ0v) is 12.8. The minimum Gasteiger partial charge on any atom is -0.385 e. The van der Waals surface area contributed by atoms with Gasteiger partial charge in [-0.3, -0.25) is 9.78 Å². The lowest BCUT2D eigenvalue weighted by molar-refractivity contribution is 0.0935. The van der Waals surface area contributed by atoms with Gasteiger partial charge in [0.25, 0.3) is 5.91 Å². The van der Waals surface area contributed by atoms with Crippen molar-refractivity contribution in [1.29, 1.82) is 0 Å². The van der Waals surface area contributed by atoms with E-state index in [9.17, 15) is 4.79 Å². The molecule has 0 saturated carbocycles.